The van der Waals surface area contributed by atoms with Gasteiger partial charge in [-0.3, -0.25) is 4.40 Å². The molecule has 3 rings (SSSR count). The Hall–Kier alpha value is -2.82. The second-order valence-corrected chi connectivity index (χ2v) is 4.99. The Labute approximate surface area is 129 Å². The zero-order valence-corrected chi connectivity index (χ0v) is 12.8. The zero-order chi connectivity index (χ0) is 15.5. The number of hydrogen-bond acceptors (Lipinski definition) is 4. The summed E-state index contributed by atoms with van der Waals surface area (Å²) in [5, 5.41) is 6.36. The van der Waals surface area contributed by atoms with Crippen molar-refractivity contribution < 1.29 is 0 Å². The molecule has 0 saturated heterocycles. The summed E-state index contributed by atoms with van der Waals surface area (Å²) >= 11 is 0. The molecule has 2 N–H and O–H groups in total. The first-order chi connectivity index (χ1) is 10.7. The summed E-state index contributed by atoms with van der Waals surface area (Å²) in [5.41, 5.74) is 4.93. The molecule has 1 aliphatic heterocycles. The quantitative estimate of drug-likeness (QED) is 0.833. The molecule has 2 aromatic rings. The predicted octanol–water partition coefficient (Wildman–Crippen LogP) is 2.44. The Bertz CT molecular complexity index is 808. The van der Waals surface area contributed by atoms with Crippen LogP contribution in [0, 0.1) is 0 Å². The number of hydrogen-bond donors (Lipinski definition) is 2. The van der Waals surface area contributed by atoms with Crippen molar-refractivity contribution in [1.29, 1.82) is 0 Å². The topological polar surface area (TPSA) is 53.7 Å². The lowest BCUT2D eigenvalue weighted by Crippen LogP contribution is -2.24. The number of pyridine rings is 1. The predicted molar refractivity (Wildman–Crippen MR) is 91.5 cm³/mol. The van der Waals surface area contributed by atoms with Gasteiger partial charge in [0.15, 0.2) is 0 Å². The Balaban J connectivity index is 1.91. The lowest BCUT2D eigenvalue weighted by molar-refractivity contribution is 0.985. The van der Waals surface area contributed by atoms with E-state index in [9.17, 15) is 0 Å². The summed E-state index contributed by atoms with van der Waals surface area (Å²) < 4.78 is 2.05. The van der Waals surface area contributed by atoms with E-state index in [-0.39, 0.29) is 0 Å². The van der Waals surface area contributed by atoms with Gasteiger partial charge in [-0.25, -0.2) is 9.98 Å². The van der Waals surface area contributed by atoms with E-state index in [1.165, 1.54) is 0 Å². The van der Waals surface area contributed by atoms with Gasteiger partial charge in [0.25, 0.3) is 0 Å². The Morgan fingerprint density at radius 2 is 2.27 bits per heavy atom. The molecule has 3 heterocycles. The number of aliphatic imine (C=N–C) groups is 1. The third-order valence-corrected chi connectivity index (χ3v) is 3.61. The van der Waals surface area contributed by atoms with Crippen molar-refractivity contribution >= 4 is 22.8 Å². The number of nitrogens with zero attached hydrogens (tertiary/aromatic N) is 3. The number of likely N-dealkylation sites (N-methyl/N-ethyl adjacent to an activating group) is 1. The van der Waals surface area contributed by atoms with Crippen LogP contribution in [0.15, 0.2) is 54.4 Å². The fourth-order valence-corrected chi connectivity index (χ4v) is 2.36. The highest BCUT2D eigenvalue weighted by Gasteiger charge is 2.16. The number of rotatable bonds is 5. The molecule has 1 aliphatic rings. The molecule has 0 spiro atoms. The third kappa shape index (κ3) is 2.41. The second kappa shape index (κ2) is 5.89. The molecule has 0 atom stereocenters. The van der Waals surface area contributed by atoms with Crippen LogP contribution >= 0.6 is 0 Å². The highest BCUT2D eigenvalue weighted by molar-refractivity contribution is 6.26. The first kappa shape index (κ1) is 14.1. The summed E-state index contributed by atoms with van der Waals surface area (Å²) in [7, 11) is 1.88. The van der Waals surface area contributed by atoms with Gasteiger partial charge in [0.2, 0.25) is 0 Å². The largest absolute Gasteiger partial charge is 0.380 e. The van der Waals surface area contributed by atoms with Gasteiger partial charge in [-0.1, -0.05) is 18.7 Å². The highest BCUT2D eigenvalue weighted by atomic mass is 15.0. The Kier molecular flexibility index (Phi) is 3.78. The third-order valence-electron chi connectivity index (χ3n) is 3.61. The molecule has 0 aliphatic carbocycles. The van der Waals surface area contributed by atoms with Gasteiger partial charge in [-0.05, 0) is 19.1 Å². The van der Waals surface area contributed by atoms with Crippen molar-refractivity contribution in [2.45, 2.75) is 6.92 Å². The van der Waals surface area contributed by atoms with E-state index in [1.54, 1.807) is 0 Å². The molecule has 0 radical (unpaired) electrons. The minimum absolute atomic E-state index is 0.754. The van der Waals surface area contributed by atoms with Crippen molar-refractivity contribution in [1.82, 2.24) is 20.0 Å². The van der Waals surface area contributed by atoms with E-state index in [1.807, 2.05) is 42.9 Å². The van der Waals surface area contributed by atoms with Crippen molar-refractivity contribution in [2.24, 2.45) is 4.99 Å². The molecule has 0 unspecified atom stereocenters. The average molecular weight is 293 g/mol. The minimum atomic E-state index is 0.754. The van der Waals surface area contributed by atoms with Crippen LogP contribution in [0.4, 0.5) is 0 Å². The number of amidine groups is 1. The molecule has 0 amide bonds. The Morgan fingerprint density at radius 1 is 1.41 bits per heavy atom. The molecule has 0 fully saturated rings. The number of allylic oxidation sites excluding steroid dienone is 1. The zero-order valence-electron chi connectivity index (χ0n) is 12.8. The second-order valence-electron chi connectivity index (χ2n) is 4.99. The van der Waals surface area contributed by atoms with Crippen LogP contribution in [-0.2, 0) is 0 Å². The Morgan fingerprint density at radius 3 is 2.95 bits per heavy atom. The van der Waals surface area contributed by atoms with Crippen LogP contribution in [0.3, 0.4) is 0 Å². The number of imidazole rings is 1. The van der Waals surface area contributed by atoms with Gasteiger partial charge in [-0.2, -0.15) is 0 Å². The average Bonchev–Trinajstić information content (AvgIpc) is 2.90. The normalized spacial score (nSPS) is 13.7. The van der Waals surface area contributed by atoms with Crippen LogP contribution < -0.4 is 10.6 Å². The van der Waals surface area contributed by atoms with E-state index in [0.29, 0.717) is 0 Å². The lowest BCUT2D eigenvalue weighted by Gasteiger charge is -2.16. The maximum atomic E-state index is 4.43. The summed E-state index contributed by atoms with van der Waals surface area (Å²) in [5.74, 6) is 0.908. The molecule has 112 valence electrons. The van der Waals surface area contributed by atoms with Crippen LogP contribution in [0.5, 0.6) is 0 Å². The van der Waals surface area contributed by atoms with Crippen LogP contribution in [-0.4, -0.2) is 28.8 Å². The molecule has 22 heavy (non-hydrogen) atoms. The van der Waals surface area contributed by atoms with Gasteiger partial charge in [0.1, 0.15) is 11.5 Å². The van der Waals surface area contributed by atoms with Gasteiger partial charge >= 0.3 is 0 Å². The lowest BCUT2D eigenvalue weighted by atomic mass is 10.1. The molecule has 5 heteroatoms. The summed E-state index contributed by atoms with van der Waals surface area (Å²) in [6.07, 6.45) is 9.83. The van der Waals surface area contributed by atoms with Crippen molar-refractivity contribution in [2.75, 3.05) is 13.6 Å². The molecule has 0 saturated carbocycles. The van der Waals surface area contributed by atoms with Crippen LogP contribution in [0.1, 0.15) is 18.2 Å². The van der Waals surface area contributed by atoms with E-state index in [0.717, 1.165) is 40.6 Å². The van der Waals surface area contributed by atoms with Gasteiger partial charge in [0, 0.05) is 37.1 Å². The number of fused-ring (bicyclic) bond motifs is 1. The molecule has 0 aromatic carbocycles. The monoisotopic (exact) mass is 293 g/mol. The fourth-order valence-electron chi connectivity index (χ4n) is 2.36. The summed E-state index contributed by atoms with van der Waals surface area (Å²) in [6.45, 7) is 6.85. The maximum Gasteiger partial charge on any atom is 0.137 e. The van der Waals surface area contributed by atoms with E-state index in [2.05, 4.69) is 45.5 Å². The summed E-state index contributed by atoms with van der Waals surface area (Å²) in [4.78, 5) is 8.63. The molecule has 2 aromatic heterocycles. The van der Waals surface area contributed by atoms with Crippen LogP contribution in [0.25, 0.3) is 16.9 Å². The van der Waals surface area contributed by atoms with E-state index < -0.39 is 0 Å². The standard InChI is InChI=1S/C17H19N5/c1-4-5-8-19-12(2)15-10-20-16-7-6-13(11-22(15)16)14-9-21-17(14)18-3/h4-7,9-11,19H,2,8H2,1,3H3,(H,18,21)/b5-4-. The first-order valence-electron chi connectivity index (χ1n) is 7.22. The number of nitrogens with one attached hydrogen (secondary N) is 2. The SMILES string of the molecule is C=C(NC/C=C\C)c1cnc2ccc(C3=CN=C3NC)cn12. The first-order valence-corrected chi connectivity index (χ1v) is 7.22. The minimum Gasteiger partial charge on any atom is -0.380 e. The maximum absolute atomic E-state index is 4.43. The molecule has 5 nitrogen and oxygen atoms in total. The van der Waals surface area contributed by atoms with E-state index in [4.69, 9.17) is 0 Å². The van der Waals surface area contributed by atoms with Gasteiger partial charge in [-0.15, -0.1) is 0 Å². The fraction of sp³-hybridized carbons (Fsp3) is 0.176. The van der Waals surface area contributed by atoms with Gasteiger partial charge < -0.3 is 10.6 Å². The highest BCUT2D eigenvalue weighted by Crippen LogP contribution is 2.23. The smallest absolute Gasteiger partial charge is 0.137 e. The van der Waals surface area contributed by atoms with E-state index >= 15 is 0 Å². The van der Waals surface area contributed by atoms with Gasteiger partial charge in [0.05, 0.1) is 17.6 Å². The number of aromatic nitrogens is 2. The van der Waals surface area contributed by atoms with Crippen molar-refractivity contribution in [3.8, 4) is 0 Å². The summed E-state index contributed by atoms with van der Waals surface area (Å²) in [6, 6.07) is 4.06. The van der Waals surface area contributed by atoms with Crippen molar-refractivity contribution in [3.63, 3.8) is 0 Å². The van der Waals surface area contributed by atoms with Crippen molar-refractivity contribution in [3.05, 3.63) is 60.7 Å². The van der Waals surface area contributed by atoms with Crippen LogP contribution in [0.2, 0.25) is 0 Å². The molecule has 0 bridgehead atoms. The molecular formula is C17H19N5. The molecular weight excluding hydrogens is 274 g/mol.